The number of aliphatic imine (C=N–C) groups is 1. The summed E-state index contributed by atoms with van der Waals surface area (Å²) in [4.78, 5) is 4.35. The van der Waals surface area contributed by atoms with Crippen LogP contribution in [0.5, 0.6) is 0 Å². The molecule has 3 aliphatic rings. The Labute approximate surface area is 169 Å². The zero-order chi connectivity index (χ0) is 20.5. The molecule has 28 heavy (non-hydrogen) atoms. The molecule has 2 aliphatic heterocycles. The van der Waals surface area contributed by atoms with E-state index < -0.39 is 12.1 Å². The van der Waals surface area contributed by atoms with E-state index in [0.717, 1.165) is 35.7 Å². The Bertz CT molecular complexity index is 711. The van der Waals surface area contributed by atoms with Crippen LogP contribution in [-0.2, 0) is 0 Å². The summed E-state index contributed by atoms with van der Waals surface area (Å²) in [6.45, 7) is 4.33. The molecule has 4 unspecified atom stereocenters. The van der Waals surface area contributed by atoms with Crippen molar-refractivity contribution in [3.8, 4) is 0 Å². The minimum absolute atomic E-state index is 0.116. The van der Waals surface area contributed by atoms with Crippen molar-refractivity contribution in [3.63, 3.8) is 0 Å². The van der Waals surface area contributed by atoms with E-state index in [1.807, 2.05) is 6.26 Å². The number of hydrogen-bond acceptors (Lipinski definition) is 5. The third-order valence-corrected chi connectivity index (χ3v) is 6.82. The highest BCUT2D eigenvalue weighted by atomic mass is 32.2. The van der Waals surface area contributed by atoms with Crippen LogP contribution in [0.25, 0.3) is 0 Å². The fourth-order valence-corrected chi connectivity index (χ4v) is 5.03. The smallest absolute Gasteiger partial charge is 0.367 e. The Hall–Kier alpha value is -1.44. The molecule has 4 atom stereocenters. The summed E-state index contributed by atoms with van der Waals surface area (Å²) in [6.07, 6.45) is 5.54. The molecule has 0 saturated heterocycles. The predicted octanol–water partition coefficient (Wildman–Crippen LogP) is 5.50. The van der Waals surface area contributed by atoms with Gasteiger partial charge in [-0.05, 0) is 50.2 Å². The number of alkyl halides is 3. The minimum atomic E-state index is -4.15. The number of fused-ring (bicyclic) bond motifs is 1. The van der Waals surface area contributed by atoms with Gasteiger partial charge in [0, 0.05) is 11.6 Å². The van der Waals surface area contributed by atoms with Crippen molar-refractivity contribution >= 4 is 22.8 Å². The first kappa shape index (κ1) is 21.3. The molecule has 0 aromatic carbocycles. The van der Waals surface area contributed by atoms with Gasteiger partial charge in [-0.3, -0.25) is 0 Å². The van der Waals surface area contributed by atoms with Gasteiger partial charge in [0.2, 0.25) is 5.96 Å². The van der Waals surface area contributed by atoms with Gasteiger partial charge >= 0.3 is 6.18 Å². The van der Waals surface area contributed by atoms with Gasteiger partial charge in [0.15, 0.2) is 0 Å². The Morgan fingerprint density at radius 3 is 2.71 bits per heavy atom. The number of thioether (sulfide) groups is 1. The molecule has 156 valence electrons. The maximum absolute atomic E-state index is 13.4. The van der Waals surface area contributed by atoms with Crippen LogP contribution in [0.2, 0.25) is 0 Å². The van der Waals surface area contributed by atoms with Crippen molar-refractivity contribution in [2.75, 3.05) is 6.26 Å². The SMILES string of the molecule is CCC1C=C(C2CCCC(C(F)(F)F)C2)N2N=C(N)N=C(SC)C2=CCC1C. The van der Waals surface area contributed by atoms with Gasteiger partial charge in [0.1, 0.15) is 5.04 Å². The molecule has 0 radical (unpaired) electrons. The second kappa shape index (κ2) is 8.51. The molecular weight excluding hydrogens is 385 g/mol. The van der Waals surface area contributed by atoms with Gasteiger partial charge in [-0.15, -0.1) is 16.9 Å². The first-order valence-corrected chi connectivity index (χ1v) is 11.2. The Kier molecular flexibility index (Phi) is 6.47. The number of hydrazone groups is 1. The third-order valence-electron chi connectivity index (χ3n) is 6.13. The monoisotopic (exact) mass is 414 g/mol. The highest BCUT2D eigenvalue weighted by Crippen LogP contribution is 2.45. The summed E-state index contributed by atoms with van der Waals surface area (Å²) in [5.74, 6) is -0.574. The Balaban J connectivity index is 2.02. The van der Waals surface area contributed by atoms with E-state index in [1.165, 1.54) is 11.8 Å². The van der Waals surface area contributed by atoms with Gasteiger partial charge in [-0.2, -0.15) is 13.2 Å². The molecule has 2 N–H and O–H groups in total. The summed E-state index contributed by atoms with van der Waals surface area (Å²) >= 11 is 1.48. The van der Waals surface area contributed by atoms with Crippen molar-refractivity contribution in [3.05, 3.63) is 23.5 Å². The lowest BCUT2D eigenvalue weighted by atomic mass is 9.77. The van der Waals surface area contributed by atoms with Crippen LogP contribution in [0.3, 0.4) is 0 Å². The number of nitrogens with two attached hydrogens (primary N) is 1. The summed E-state index contributed by atoms with van der Waals surface area (Å²) in [7, 11) is 0. The lowest BCUT2D eigenvalue weighted by molar-refractivity contribution is -0.185. The van der Waals surface area contributed by atoms with Crippen LogP contribution in [-0.4, -0.2) is 28.4 Å². The second-order valence-corrected chi connectivity index (χ2v) is 8.75. The number of guanidine groups is 1. The van der Waals surface area contributed by atoms with Gasteiger partial charge in [-0.1, -0.05) is 32.4 Å². The molecule has 8 heteroatoms. The minimum Gasteiger partial charge on any atom is -0.367 e. The molecule has 0 amide bonds. The van der Waals surface area contributed by atoms with E-state index >= 15 is 0 Å². The first-order chi connectivity index (χ1) is 13.2. The Morgan fingerprint density at radius 1 is 1.32 bits per heavy atom. The maximum Gasteiger partial charge on any atom is 0.391 e. The van der Waals surface area contributed by atoms with Gasteiger partial charge in [0.05, 0.1) is 11.6 Å². The average Bonchev–Trinajstić information content (AvgIpc) is 2.65. The number of rotatable bonds is 2. The van der Waals surface area contributed by atoms with Crippen molar-refractivity contribution in [1.82, 2.24) is 5.01 Å². The molecule has 1 aliphatic carbocycles. The van der Waals surface area contributed by atoms with Crippen LogP contribution in [0.4, 0.5) is 13.2 Å². The number of halogens is 3. The largest absolute Gasteiger partial charge is 0.391 e. The predicted molar refractivity (Wildman–Crippen MR) is 110 cm³/mol. The quantitative estimate of drug-likeness (QED) is 0.649. The number of hydrogen-bond donors (Lipinski definition) is 1. The van der Waals surface area contributed by atoms with E-state index in [9.17, 15) is 13.2 Å². The van der Waals surface area contributed by atoms with Crippen LogP contribution in [0, 0.1) is 23.7 Å². The van der Waals surface area contributed by atoms with Crippen LogP contribution in [0.15, 0.2) is 33.6 Å². The molecule has 1 fully saturated rings. The molecule has 1 saturated carbocycles. The van der Waals surface area contributed by atoms with Gasteiger partial charge in [0.25, 0.3) is 0 Å². The summed E-state index contributed by atoms with van der Waals surface area (Å²) in [5.41, 5.74) is 7.67. The van der Waals surface area contributed by atoms with Crippen molar-refractivity contribution in [2.45, 2.75) is 58.5 Å². The fourth-order valence-electron chi connectivity index (χ4n) is 4.46. The maximum atomic E-state index is 13.4. The standard InChI is InChI=1S/C20H29F3N4S/c1-4-13-11-17(14-6-5-7-15(10-14)20(21,22)23)27-16(9-8-12(13)2)18(28-3)25-19(24)26-27/h9,11-15H,4-8,10H2,1-3H3,(H2,24,26). The molecule has 2 heterocycles. The average molecular weight is 415 g/mol. The van der Waals surface area contributed by atoms with E-state index in [2.05, 4.69) is 36.1 Å². The van der Waals surface area contributed by atoms with Crippen LogP contribution < -0.4 is 5.73 Å². The van der Waals surface area contributed by atoms with Gasteiger partial charge in [-0.25, -0.2) is 10.0 Å². The summed E-state index contributed by atoms with van der Waals surface area (Å²) in [5, 5.41) is 7.00. The molecule has 0 bridgehead atoms. The zero-order valence-corrected chi connectivity index (χ0v) is 17.5. The third kappa shape index (κ3) is 4.42. The van der Waals surface area contributed by atoms with E-state index in [4.69, 9.17) is 5.73 Å². The van der Waals surface area contributed by atoms with Crippen molar-refractivity contribution in [2.24, 2.45) is 39.5 Å². The van der Waals surface area contributed by atoms with E-state index in [1.54, 1.807) is 5.01 Å². The van der Waals surface area contributed by atoms with Gasteiger partial charge < -0.3 is 5.73 Å². The fraction of sp³-hybridized carbons (Fsp3) is 0.700. The highest BCUT2D eigenvalue weighted by molar-refractivity contribution is 8.13. The van der Waals surface area contributed by atoms with Crippen molar-refractivity contribution < 1.29 is 13.2 Å². The number of allylic oxidation sites excluding steroid dienone is 3. The molecule has 4 nitrogen and oxygen atoms in total. The molecule has 0 spiro atoms. The molecule has 3 rings (SSSR count). The lowest BCUT2D eigenvalue weighted by Crippen LogP contribution is -2.37. The second-order valence-electron chi connectivity index (χ2n) is 7.96. The van der Waals surface area contributed by atoms with E-state index in [-0.39, 0.29) is 24.7 Å². The molecular formula is C20H29F3N4S. The van der Waals surface area contributed by atoms with Crippen LogP contribution in [0.1, 0.15) is 52.4 Å². The number of nitrogens with zero attached hydrogens (tertiary/aromatic N) is 3. The highest BCUT2D eigenvalue weighted by Gasteiger charge is 2.44. The summed E-state index contributed by atoms with van der Waals surface area (Å²) in [6, 6.07) is 0. The topological polar surface area (TPSA) is 54.0 Å². The van der Waals surface area contributed by atoms with E-state index in [0.29, 0.717) is 18.3 Å². The summed E-state index contributed by atoms with van der Waals surface area (Å²) < 4.78 is 40.3. The van der Waals surface area contributed by atoms with Crippen molar-refractivity contribution in [1.29, 1.82) is 0 Å². The normalized spacial score (nSPS) is 31.7. The molecule has 0 aromatic heterocycles. The van der Waals surface area contributed by atoms with Crippen LogP contribution >= 0.6 is 11.8 Å². The molecule has 0 aromatic rings. The first-order valence-electron chi connectivity index (χ1n) is 10.00. The zero-order valence-electron chi connectivity index (χ0n) is 16.7. The Morgan fingerprint density at radius 2 is 2.07 bits per heavy atom. The lowest BCUT2D eigenvalue weighted by Gasteiger charge is -2.39.